The number of nitro groups is 1. The van der Waals surface area contributed by atoms with E-state index in [1.165, 1.54) is 12.1 Å². The first-order valence-electron chi connectivity index (χ1n) is 8.32. The number of rotatable bonds is 7. The van der Waals surface area contributed by atoms with Crippen LogP contribution in [0, 0.1) is 10.1 Å². The number of nitrogens with one attached hydrogen (secondary N) is 2. The smallest absolute Gasteiger partial charge is 0.269 e. The molecular formula is C18H19N7O2. The van der Waals surface area contributed by atoms with E-state index in [4.69, 9.17) is 0 Å². The predicted octanol–water partition coefficient (Wildman–Crippen LogP) is 2.06. The summed E-state index contributed by atoms with van der Waals surface area (Å²) < 4.78 is 1.90. The first-order valence-corrected chi connectivity index (χ1v) is 8.32. The van der Waals surface area contributed by atoms with Crippen molar-refractivity contribution in [3.05, 3.63) is 82.8 Å². The van der Waals surface area contributed by atoms with Gasteiger partial charge in [-0.25, -0.2) is 4.99 Å². The zero-order valence-electron chi connectivity index (χ0n) is 14.6. The topological polar surface area (TPSA) is 110 Å². The van der Waals surface area contributed by atoms with Crippen LogP contribution in [-0.4, -0.2) is 32.0 Å². The van der Waals surface area contributed by atoms with Crippen molar-refractivity contribution in [1.82, 2.24) is 25.2 Å². The fraction of sp³-hybridized carbons (Fsp3) is 0.167. The summed E-state index contributed by atoms with van der Waals surface area (Å²) in [7, 11) is 0. The van der Waals surface area contributed by atoms with Crippen LogP contribution in [0.1, 0.15) is 11.4 Å². The first-order chi connectivity index (χ1) is 13.2. The van der Waals surface area contributed by atoms with Crippen LogP contribution in [0.5, 0.6) is 0 Å². The van der Waals surface area contributed by atoms with E-state index in [0.717, 1.165) is 17.0 Å². The molecule has 0 saturated heterocycles. The number of nitrogens with zero attached hydrogens (tertiary/aromatic N) is 5. The highest BCUT2D eigenvalue weighted by molar-refractivity contribution is 5.79. The van der Waals surface area contributed by atoms with Crippen molar-refractivity contribution in [2.75, 3.05) is 6.54 Å². The number of guanidine groups is 1. The Kier molecular flexibility index (Phi) is 5.73. The lowest BCUT2D eigenvalue weighted by Crippen LogP contribution is -2.37. The number of fused-ring (bicyclic) bond motifs is 1. The zero-order chi connectivity index (χ0) is 19.1. The fourth-order valence-corrected chi connectivity index (χ4v) is 2.41. The van der Waals surface area contributed by atoms with E-state index < -0.39 is 4.92 Å². The number of nitro benzene ring substituents is 1. The molecule has 0 aliphatic rings. The van der Waals surface area contributed by atoms with Crippen LogP contribution in [0.15, 0.2) is 66.3 Å². The largest absolute Gasteiger partial charge is 0.353 e. The van der Waals surface area contributed by atoms with Gasteiger partial charge < -0.3 is 10.6 Å². The van der Waals surface area contributed by atoms with Gasteiger partial charge in [-0.2, -0.15) is 0 Å². The molecule has 0 spiro atoms. The van der Waals surface area contributed by atoms with Crippen molar-refractivity contribution < 1.29 is 4.92 Å². The summed E-state index contributed by atoms with van der Waals surface area (Å²) in [5.41, 5.74) is 1.70. The summed E-state index contributed by atoms with van der Waals surface area (Å²) in [5.74, 6) is 1.34. The lowest BCUT2D eigenvalue weighted by Gasteiger charge is -2.10. The van der Waals surface area contributed by atoms with Crippen LogP contribution in [0.2, 0.25) is 0 Å². The molecule has 2 heterocycles. The molecule has 0 amide bonds. The van der Waals surface area contributed by atoms with Crippen LogP contribution in [0.25, 0.3) is 5.65 Å². The molecule has 0 aliphatic carbocycles. The second kappa shape index (κ2) is 8.56. The number of non-ortho nitro benzene ring substituents is 1. The third-order valence-electron chi connectivity index (χ3n) is 3.78. The quantitative estimate of drug-likeness (QED) is 0.218. The second-order valence-electron chi connectivity index (χ2n) is 5.66. The van der Waals surface area contributed by atoms with E-state index >= 15 is 0 Å². The van der Waals surface area contributed by atoms with Crippen molar-refractivity contribution in [2.24, 2.45) is 4.99 Å². The van der Waals surface area contributed by atoms with Crippen LogP contribution < -0.4 is 10.6 Å². The summed E-state index contributed by atoms with van der Waals surface area (Å²) in [5, 5.41) is 25.4. The van der Waals surface area contributed by atoms with E-state index in [1.54, 1.807) is 18.2 Å². The summed E-state index contributed by atoms with van der Waals surface area (Å²) in [4.78, 5) is 14.8. The molecule has 0 fully saturated rings. The van der Waals surface area contributed by atoms with Gasteiger partial charge in [0.15, 0.2) is 17.4 Å². The van der Waals surface area contributed by atoms with E-state index in [0.29, 0.717) is 25.6 Å². The maximum atomic E-state index is 10.7. The minimum atomic E-state index is -0.422. The highest BCUT2D eigenvalue weighted by atomic mass is 16.6. The van der Waals surface area contributed by atoms with Crippen LogP contribution >= 0.6 is 0 Å². The van der Waals surface area contributed by atoms with Crippen LogP contribution in [-0.2, 0) is 13.1 Å². The van der Waals surface area contributed by atoms with Crippen molar-refractivity contribution >= 4 is 17.3 Å². The third-order valence-corrected chi connectivity index (χ3v) is 3.78. The van der Waals surface area contributed by atoms with Gasteiger partial charge in [0.2, 0.25) is 0 Å². The van der Waals surface area contributed by atoms with Gasteiger partial charge in [0.1, 0.15) is 0 Å². The van der Waals surface area contributed by atoms with Crippen molar-refractivity contribution in [3.63, 3.8) is 0 Å². The molecule has 3 rings (SSSR count). The van der Waals surface area contributed by atoms with Crippen molar-refractivity contribution in [3.8, 4) is 0 Å². The normalized spacial score (nSPS) is 11.3. The van der Waals surface area contributed by atoms with Crippen LogP contribution in [0.3, 0.4) is 0 Å². The van der Waals surface area contributed by atoms with Gasteiger partial charge in [-0.05, 0) is 17.7 Å². The minimum absolute atomic E-state index is 0.0598. The number of hydrogen-bond donors (Lipinski definition) is 2. The number of benzene rings is 1. The average molecular weight is 365 g/mol. The molecule has 0 bridgehead atoms. The van der Waals surface area contributed by atoms with Gasteiger partial charge >= 0.3 is 0 Å². The molecular weight excluding hydrogens is 346 g/mol. The molecule has 0 aliphatic heterocycles. The van der Waals surface area contributed by atoms with E-state index in [-0.39, 0.29) is 5.69 Å². The minimum Gasteiger partial charge on any atom is -0.353 e. The number of aliphatic imine (C=N–C) groups is 1. The fourth-order valence-electron chi connectivity index (χ4n) is 2.41. The maximum Gasteiger partial charge on any atom is 0.269 e. The maximum absolute atomic E-state index is 10.7. The molecule has 3 aromatic rings. The Bertz CT molecular complexity index is 963. The SMILES string of the molecule is C=CCNC(=NCc1ccc([N+](=O)[O-])cc1)NCc1nnc2ccccn12. The lowest BCUT2D eigenvalue weighted by molar-refractivity contribution is -0.384. The van der Waals surface area contributed by atoms with Gasteiger partial charge in [-0.15, -0.1) is 16.8 Å². The zero-order valence-corrected chi connectivity index (χ0v) is 14.6. The summed E-state index contributed by atoms with van der Waals surface area (Å²) in [6.07, 6.45) is 3.63. The Balaban J connectivity index is 1.68. The number of hydrogen-bond acceptors (Lipinski definition) is 5. The van der Waals surface area contributed by atoms with Crippen molar-refractivity contribution in [1.29, 1.82) is 0 Å². The molecule has 2 aromatic heterocycles. The summed E-state index contributed by atoms with van der Waals surface area (Å²) in [6, 6.07) is 12.0. The molecule has 0 unspecified atom stereocenters. The standard InChI is InChI=1S/C18H19N7O2/c1-2-10-19-18(20-12-14-6-8-15(9-7-14)25(26)27)21-13-17-23-22-16-5-3-4-11-24(16)17/h2-9,11H,1,10,12-13H2,(H2,19,20,21). The molecule has 9 nitrogen and oxygen atoms in total. The molecule has 0 atom stereocenters. The van der Waals surface area contributed by atoms with Gasteiger partial charge in [0.05, 0.1) is 18.0 Å². The highest BCUT2D eigenvalue weighted by Crippen LogP contribution is 2.12. The number of aromatic nitrogens is 3. The molecule has 0 saturated carbocycles. The van der Waals surface area contributed by atoms with Crippen molar-refractivity contribution in [2.45, 2.75) is 13.1 Å². The highest BCUT2D eigenvalue weighted by Gasteiger charge is 2.07. The molecule has 27 heavy (non-hydrogen) atoms. The first kappa shape index (κ1) is 18.1. The molecule has 138 valence electrons. The monoisotopic (exact) mass is 365 g/mol. The molecule has 1 aromatic carbocycles. The Morgan fingerprint density at radius 2 is 2.04 bits per heavy atom. The van der Waals surface area contributed by atoms with Gasteiger partial charge in [-0.3, -0.25) is 14.5 Å². The molecule has 0 radical (unpaired) electrons. The van der Waals surface area contributed by atoms with E-state index in [2.05, 4.69) is 32.4 Å². The number of pyridine rings is 1. The summed E-state index contributed by atoms with van der Waals surface area (Å²) in [6.45, 7) is 5.06. The second-order valence-corrected chi connectivity index (χ2v) is 5.66. The van der Waals surface area contributed by atoms with Crippen LogP contribution in [0.4, 0.5) is 5.69 Å². The van der Waals surface area contributed by atoms with E-state index in [1.807, 2.05) is 28.8 Å². The van der Waals surface area contributed by atoms with Gasteiger partial charge in [0, 0.05) is 24.9 Å². The average Bonchev–Trinajstić information content (AvgIpc) is 3.11. The Labute approximate surface area is 155 Å². The van der Waals surface area contributed by atoms with E-state index in [9.17, 15) is 10.1 Å². The summed E-state index contributed by atoms with van der Waals surface area (Å²) >= 11 is 0. The lowest BCUT2D eigenvalue weighted by atomic mass is 10.2. The molecule has 9 heteroatoms. The van der Waals surface area contributed by atoms with Gasteiger partial charge in [0.25, 0.3) is 5.69 Å². The Hall–Kier alpha value is -3.75. The van der Waals surface area contributed by atoms with Gasteiger partial charge in [-0.1, -0.05) is 24.3 Å². The Morgan fingerprint density at radius 3 is 2.78 bits per heavy atom. The predicted molar refractivity (Wildman–Crippen MR) is 102 cm³/mol. The third kappa shape index (κ3) is 4.66. The Morgan fingerprint density at radius 1 is 1.22 bits per heavy atom. The molecule has 2 N–H and O–H groups in total.